The van der Waals surface area contributed by atoms with Gasteiger partial charge in [-0.15, -0.1) is 10.2 Å². The molecule has 7 nitrogen and oxygen atoms in total. The van der Waals surface area contributed by atoms with Crippen LogP contribution in [0.4, 0.5) is 0 Å². The van der Waals surface area contributed by atoms with E-state index < -0.39 is 5.25 Å². The summed E-state index contributed by atoms with van der Waals surface area (Å²) in [6, 6.07) is 14.9. The molecule has 2 aromatic heterocycles. The molecule has 0 aliphatic carbocycles. The second kappa shape index (κ2) is 9.25. The minimum absolute atomic E-state index is 0.0732. The predicted molar refractivity (Wildman–Crippen MR) is 124 cm³/mol. The van der Waals surface area contributed by atoms with Crippen LogP contribution >= 0.6 is 34.7 Å². The Bertz CT molecular complexity index is 1300. The highest BCUT2D eigenvalue weighted by Crippen LogP contribution is 2.28. The fourth-order valence-electron chi connectivity index (χ4n) is 3.12. The highest BCUT2D eigenvalue weighted by Gasteiger charge is 2.23. The van der Waals surface area contributed by atoms with Crippen molar-refractivity contribution in [1.82, 2.24) is 19.3 Å². The third-order valence-electron chi connectivity index (χ3n) is 4.54. The van der Waals surface area contributed by atoms with Crippen LogP contribution in [0.5, 0.6) is 0 Å². The molecule has 31 heavy (non-hydrogen) atoms. The van der Waals surface area contributed by atoms with Crippen LogP contribution in [-0.4, -0.2) is 37.2 Å². The zero-order chi connectivity index (χ0) is 22.0. The van der Waals surface area contributed by atoms with Gasteiger partial charge in [-0.2, -0.15) is 0 Å². The molecule has 0 aliphatic rings. The third-order valence-corrected chi connectivity index (χ3v) is 6.76. The number of fused-ring (bicyclic) bond motifs is 1. The van der Waals surface area contributed by atoms with E-state index in [0.717, 1.165) is 15.9 Å². The van der Waals surface area contributed by atoms with Gasteiger partial charge in [0.2, 0.25) is 0 Å². The lowest BCUT2D eigenvalue weighted by atomic mass is 10.3. The Kier molecular flexibility index (Phi) is 6.45. The molecule has 0 aliphatic heterocycles. The van der Waals surface area contributed by atoms with E-state index >= 15 is 0 Å². The van der Waals surface area contributed by atoms with Crippen LogP contribution in [0.1, 0.15) is 19.7 Å². The van der Waals surface area contributed by atoms with Gasteiger partial charge in [-0.25, -0.2) is 0 Å². The number of aromatic nitrogens is 4. The van der Waals surface area contributed by atoms with Crippen molar-refractivity contribution >= 4 is 50.9 Å². The highest BCUT2D eigenvalue weighted by atomic mass is 35.5. The number of esters is 1. The number of thiazole rings is 1. The molecule has 160 valence electrons. The highest BCUT2D eigenvalue weighted by molar-refractivity contribution is 8.00. The Labute approximate surface area is 191 Å². The van der Waals surface area contributed by atoms with Crippen LogP contribution in [0.15, 0.2) is 58.5 Å². The number of thioether (sulfide) groups is 1. The average molecular weight is 475 g/mol. The Balaban J connectivity index is 1.77. The number of nitrogens with zero attached hydrogens (tertiary/aromatic N) is 4. The first kappa shape index (κ1) is 21.6. The lowest BCUT2D eigenvalue weighted by molar-refractivity contribution is -0.142. The molecule has 4 rings (SSSR count). The van der Waals surface area contributed by atoms with Gasteiger partial charge in [-0.3, -0.25) is 18.7 Å². The van der Waals surface area contributed by atoms with Crippen LogP contribution in [0.3, 0.4) is 0 Å². The number of rotatable bonds is 7. The first-order valence-corrected chi connectivity index (χ1v) is 11.7. The summed E-state index contributed by atoms with van der Waals surface area (Å²) in [5, 5.41) is 9.26. The zero-order valence-electron chi connectivity index (χ0n) is 16.8. The maximum absolute atomic E-state index is 12.6. The van der Waals surface area contributed by atoms with Crippen molar-refractivity contribution in [3.05, 3.63) is 69.0 Å². The van der Waals surface area contributed by atoms with E-state index in [1.165, 1.54) is 23.1 Å². The van der Waals surface area contributed by atoms with Gasteiger partial charge in [0.05, 0.1) is 29.1 Å². The van der Waals surface area contributed by atoms with Gasteiger partial charge < -0.3 is 4.74 Å². The summed E-state index contributed by atoms with van der Waals surface area (Å²) < 4.78 is 9.52. The topological polar surface area (TPSA) is 79.0 Å². The van der Waals surface area contributed by atoms with Gasteiger partial charge in [-0.05, 0) is 44.2 Å². The number of carbonyl (C=O) groups excluding carboxylic acids is 1. The molecule has 1 atom stereocenters. The van der Waals surface area contributed by atoms with Gasteiger partial charge in [-0.1, -0.05) is 52.9 Å². The summed E-state index contributed by atoms with van der Waals surface area (Å²) in [7, 11) is 0. The van der Waals surface area contributed by atoms with Crippen LogP contribution in [0.25, 0.3) is 15.9 Å². The summed E-state index contributed by atoms with van der Waals surface area (Å²) >= 11 is 8.66. The van der Waals surface area contributed by atoms with Crippen LogP contribution in [0, 0.1) is 0 Å². The molecule has 0 spiro atoms. The lowest BCUT2D eigenvalue weighted by Gasteiger charge is -2.13. The van der Waals surface area contributed by atoms with E-state index in [-0.39, 0.29) is 17.4 Å². The molecular weight excluding hydrogens is 456 g/mol. The Hall–Kier alpha value is -2.62. The fraction of sp³-hybridized carbons (Fsp3) is 0.238. The molecule has 0 radical (unpaired) electrons. The SMILES string of the molecule is CCOC(=O)[C@H](C)Sc1nnc(Cn2c(=O)sc3ccccc32)n1-c1cccc(Cl)c1. The molecule has 0 unspecified atom stereocenters. The second-order valence-corrected chi connectivity index (χ2v) is 9.39. The monoisotopic (exact) mass is 474 g/mol. The van der Waals surface area contributed by atoms with Crippen molar-refractivity contribution in [3.63, 3.8) is 0 Å². The molecule has 0 fully saturated rings. The number of hydrogen-bond donors (Lipinski definition) is 0. The smallest absolute Gasteiger partial charge is 0.319 e. The molecule has 0 saturated heterocycles. The van der Waals surface area contributed by atoms with Gasteiger partial charge >= 0.3 is 10.8 Å². The van der Waals surface area contributed by atoms with Crippen molar-refractivity contribution < 1.29 is 9.53 Å². The van der Waals surface area contributed by atoms with Crippen molar-refractivity contribution in [1.29, 1.82) is 0 Å². The number of carbonyl (C=O) groups is 1. The maximum Gasteiger partial charge on any atom is 0.319 e. The minimum atomic E-state index is -0.473. The summed E-state index contributed by atoms with van der Waals surface area (Å²) in [4.78, 5) is 24.7. The average Bonchev–Trinajstić information content (AvgIpc) is 3.29. The summed E-state index contributed by atoms with van der Waals surface area (Å²) in [5.74, 6) is 0.237. The van der Waals surface area contributed by atoms with Gasteiger partial charge in [0.15, 0.2) is 11.0 Å². The zero-order valence-corrected chi connectivity index (χ0v) is 19.2. The van der Waals surface area contributed by atoms with Crippen LogP contribution in [-0.2, 0) is 16.1 Å². The normalized spacial score (nSPS) is 12.2. The Morgan fingerprint density at radius 1 is 1.23 bits per heavy atom. The first-order valence-electron chi connectivity index (χ1n) is 9.59. The molecule has 0 amide bonds. The quantitative estimate of drug-likeness (QED) is 0.292. The van der Waals surface area contributed by atoms with E-state index in [4.69, 9.17) is 16.3 Å². The number of halogens is 1. The molecule has 2 heterocycles. The van der Waals surface area contributed by atoms with E-state index in [1.807, 2.05) is 41.0 Å². The molecule has 0 saturated carbocycles. The summed E-state index contributed by atoms with van der Waals surface area (Å²) in [6.45, 7) is 4.07. The number of para-hydroxylation sites is 1. The van der Waals surface area contributed by atoms with Crippen molar-refractivity contribution in [2.24, 2.45) is 0 Å². The fourth-order valence-corrected chi connectivity index (χ4v) is 5.08. The predicted octanol–water partition coefficient (Wildman–Crippen LogP) is 4.39. The van der Waals surface area contributed by atoms with Gasteiger partial charge in [0, 0.05) is 5.02 Å². The largest absolute Gasteiger partial charge is 0.465 e. The number of ether oxygens (including phenoxy) is 1. The van der Waals surface area contributed by atoms with Gasteiger partial charge in [0.1, 0.15) is 5.25 Å². The standard InChI is InChI=1S/C21H19ClN4O3S2/c1-3-29-19(27)13(2)30-20-24-23-18(26(20)15-8-6-7-14(22)11-15)12-25-16-9-4-5-10-17(16)31-21(25)28/h4-11,13H,3,12H2,1-2H3/t13-/m0/s1. The minimum Gasteiger partial charge on any atom is -0.465 e. The molecule has 10 heteroatoms. The Morgan fingerprint density at radius 2 is 2.03 bits per heavy atom. The first-order chi connectivity index (χ1) is 15.0. The third kappa shape index (κ3) is 4.53. The van der Waals surface area contributed by atoms with E-state index in [2.05, 4.69) is 10.2 Å². The van der Waals surface area contributed by atoms with Crippen molar-refractivity contribution in [2.45, 2.75) is 30.8 Å². The second-order valence-electron chi connectivity index (χ2n) is 6.65. The van der Waals surface area contributed by atoms with Crippen molar-refractivity contribution in [2.75, 3.05) is 6.61 Å². The Morgan fingerprint density at radius 3 is 2.81 bits per heavy atom. The van der Waals surface area contributed by atoms with Crippen LogP contribution in [0.2, 0.25) is 5.02 Å². The van der Waals surface area contributed by atoms with Gasteiger partial charge in [0.25, 0.3) is 0 Å². The molecule has 0 N–H and O–H groups in total. The number of benzene rings is 2. The number of hydrogen-bond acceptors (Lipinski definition) is 7. The van der Waals surface area contributed by atoms with Crippen molar-refractivity contribution in [3.8, 4) is 5.69 Å². The summed E-state index contributed by atoms with van der Waals surface area (Å²) in [6.07, 6.45) is 0. The molecule has 0 bridgehead atoms. The molecular formula is C21H19ClN4O3S2. The lowest BCUT2D eigenvalue weighted by Crippen LogP contribution is -2.18. The van der Waals surface area contributed by atoms with E-state index in [0.29, 0.717) is 22.6 Å². The van der Waals surface area contributed by atoms with E-state index in [1.54, 1.807) is 30.5 Å². The molecule has 4 aromatic rings. The van der Waals surface area contributed by atoms with Crippen LogP contribution < -0.4 is 4.87 Å². The summed E-state index contributed by atoms with van der Waals surface area (Å²) in [5.41, 5.74) is 1.59. The van der Waals surface area contributed by atoms with E-state index in [9.17, 15) is 9.59 Å². The molecule has 2 aromatic carbocycles. The maximum atomic E-state index is 12.6.